The Balaban J connectivity index is 2.21. The normalized spacial score (nSPS) is 10.8. The summed E-state index contributed by atoms with van der Waals surface area (Å²) in [5.41, 5.74) is 1.94. The summed E-state index contributed by atoms with van der Waals surface area (Å²) in [6.07, 6.45) is 1.06. The fraction of sp³-hybridized carbons (Fsp3) is 0. The molecule has 124 valence electrons. The molecule has 1 amide bonds. The van der Waals surface area contributed by atoms with E-state index in [2.05, 4.69) is 42.4 Å². The number of halogens is 2. The predicted octanol–water partition coefficient (Wildman–Crippen LogP) is 3.29. The third-order valence-electron chi connectivity index (χ3n) is 2.86. The summed E-state index contributed by atoms with van der Waals surface area (Å²) in [6, 6.07) is 6.55. The molecule has 0 saturated carbocycles. The number of hydrazone groups is 1. The van der Waals surface area contributed by atoms with Gasteiger partial charge in [-0.2, -0.15) is 5.10 Å². The Bertz CT molecular complexity index is 855. The number of non-ortho nitro benzene ring substituents is 1. The van der Waals surface area contributed by atoms with Gasteiger partial charge < -0.3 is 10.2 Å². The van der Waals surface area contributed by atoms with Gasteiger partial charge in [0, 0.05) is 22.2 Å². The molecule has 2 aromatic carbocycles. The number of rotatable bonds is 4. The molecular formula is C14H9Br2N3O5. The molecule has 0 aromatic heterocycles. The molecule has 0 aliphatic heterocycles. The first-order chi connectivity index (χ1) is 11.3. The van der Waals surface area contributed by atoms with Gasteiger partial charge >= 0.3 is 0 Å². The Kier molecular flexibility index (Phi) is 5.52. The summed E-state index contributed by atoms with van der Waals surface area (Å²) in [4.78, 5) is 22.1. The predicted molar refractivity (Wildman–Crippen MR) is 93.3 cm³/mol. The molecule has 0 spiro atoms. The van der Waals surface area contributed by atoms with Gasteiger partial charge in [0.25, 0.3) is 11.6 Å². The lowest BCUT2D eigenvalue weighted by atomic mass is 10.2. The van der Waals surface area contributed by atoms with Crippen molar-refractivity contribution in [3.05, 3.63) is 60.5 Å². The number of phenols is 2. The standard InChI is InChI=1S/C14H9Br2N3O5/c15-8-1-2-12(20)10(4-8)14(22)18-17-6-7-3-9(19(23)24)5-11(16)13(7)21/h1-6,20-21H,(H,18,22)/b17-6-. The summed E-state index contributed by atoms with van der Waals surface area (Å²) >= 11 is 6.18. The molecule has 0 aliphatic carbocycles. The van der Waals surface area contributed by atoms with Crippen LogP contribution < -0.4 is 5.43 Å². The van der Waals surface area contributed by atoms with Gasteiger partial charge in [0.05, 0.1) is 21.2 Å². The SMILES string of the molecule is O=C(N/N=C\c1cc([N+](=O)[O-])cc(Br)c1O)c1cc(Br)ccc1O. The smallest absolute Gasteiger partial charge is 0.275 e. The fourth-order valence-corrected chi connectivity index (χ4v) is 2.54. The van der Waals surface area contributed by atoms with E-state index in [-0.39, 0.29) is 32.8 Å². The van der Waals surface area contributed by atoms with Crippen LogP contribution in [0.15, 0.2) is 44.4 Å². The van der Waals surface area contributed by atoms with Crippen LogP contribution in [0.1, 0.15) is 15.9 Å². The molecule has 0 bridgehead atoms. The van der Waals surface area contributed by atoms with Gasteiger partial charge in [-0.25, -0.2) is 5.43 Å². The van der Waals surface area contributed by atoms with Gasteiger partial charge in [-0.3, -0.25) is 14.9 Å². The highest BCUT2D eigenvalue weighted by Crippen LogP contribution is 2.31. The number of nitro benzene ring substituents is 1. The number of aromatic hydroxyl groups is 2. The zero-order valence-electron chi connectivity index (χ0n) is 11.7. The van der Waals surface area contributed by atoms with Crippen LogP contribution in [-0.2, 0) is 0 Å². The summed E-state index contributed by atoms with van der Waals surface area (Å²) < 4.78 is 0.712. The summed E-state index contributed by atoms with van der Waals surface area (Å²) in [5.74, 6) is -1.18. The second kappa shape index (κ2) is 7.41. The Labute approximate surface area is 152 Å². The average molecular weight is 459 g/mol. The van der Waals surface area contributed by atoms with E-state index >= 15 is 0 Å². The van der Waals surface area contributed by atoms with Gasteiger partial charge in [-0.05, 0) is 34.1 Å². The van der Waals surface area contributed by atoms with Gasteiger partial charge in [-0.1, -0.05) is 15.9 Å². The molecule has 2 rings (SSSR count). The fourth-order valence-electron chi connectivity index (χ4n) is 1.72. The molecule has 2 aromatic rings. The maximum atomic E-state index is 11.9. The highest BCUT2D eigenvalue weighted by atomic mass is 79.9. The van der Waals surface area contributed by atoms with E-state index in [4.69, 9.17) is 0 Å². The van der Waals surface area contributed by atoms with Crippen molar-refractivity contribution >= 4 is 49.7 Å². The molecule has 0 radical (unpaired) electrons. The lowest BCUT2D eigenvalue weighted by molar-refractivity contribution is -0.385. The van der Waals surface area contributed by atoms with Crippen LogP contribution in [0.4, 0.5) is 5.69 Å². The molecule has 24 heavy (non-hydrogen) atoms. The minimum Gasteiger partial charge on any atom is -0.507 e. The van der Waals surface area contributed by atoms with E-state index in [9.17, 15) is 25.1 Å². The zero-order chi connectivity index (χ0) is 17.9. The highest BCUT2D eigenvalue weighted by Gasteiger charge is 2.14. The molecule has 0 saturated heterocycles. The first kappa shape index (κ1) is 17.9. The van der Waals surface area contributed by atoms with Gasteiger partial charge in [0.2, 0.25) is 0 Å². The topological polar surface area (TPSA) is 125 Å². The van der Waals surface area contributed by atoms with Crippen molar-refractivity contribution in [2.24, 2.45) is 5.10 Å². The number of amides is 1. The van der Waals surface area contributed by atoms with Crippen LogP contribution >= 0.6 is 31.9 Å². The first-order valence-corrected chi connectivity index (χ1v) is 7.87. The van der Waals surface area contributed by atoms with Crippen LogP contribution in [0.25, 0.3) is 0 Å². The number of nitrogens with zero attached hydrogens (tertiary/aromatic N) is 2. The number of phenolic OH excluding ortho intramolecular Hbond substituents is 2. The average Bonchev–Trinajstić information content (AvgIpc) is 2.53. The number of carbonyl (C=O) groups is 1. The van der Waals surface area contributed by atoms with Crippen molar-refractivity contribution in [3.8, 4) is 11.5 Å². The third kappa shape index (κ3) is 4.09. The molecular weight excluding hydrogens is 450 g/mol. The van der Waals surface area contributed by atoms with Crippen LogP contribution in [0, 0.1) is 10.1 Å². The number of benzene rings is 2. The van der Waals surface area contributed by atoms with Crippen LogP contribution in [0.3, 0.4) is 0 Å². The van der Waals surface area contributed by atoms with Crippen molar-refractivity contribution in [2.75, 3.05) is 0 Å². The lowest BCUT2D eigenvalue weighted by Gasteiger charge is -2.04. The number of carbonyl (C=O) groups excluding carboxylic acids is 1. The van der Waals surface area contributed by atoms with Crippen LogP contribution in [0.2, 0.25) is 0 Å². The molecule has 0 fully saturated rings. The number of nitro groups is 1. The minimum atomic E-state index is -0.686. The van der Waals surface area contributed by atoms with Crippen molar-refractivity contribution in [1.29, 1.82) is 0 Å². The number of nitrogens with one attached hydrogen (secondary N) is 1. The molecule has 0 atom stereocenters. The Hall–Kier alpha value is -2.46. The summed E-state index contributed by atoms with van der Waals surface area (Å²) in [5, 5.41) is 33.9. The summed E-state index contributed by atoms with van der Waals surface area (Å²) in [6.45, 7) is 0. The number of hydrogen-bond donors (Lipinski definition) is 3. The van der Waals surface area contributed by atoms with E-state index in [0.29, 0.717) is 4.47 Å². The Morgan fingerprint density at radius 3 is 2.62 bits per heavy atom. The molecule has 8 nitrogen and oxygen atoms in total. The van der Waals surface area contributed by atoms with Crippen LogP contribution in [-0.4, -0.2) is 27.3 Å². The monoisotopic (exact) mass is 457 g/mol. The van der Waals surface area contributed by atoms with Gasteiger partial charge in [0.1, 0.15) is 11.5 Å². The second-order valence-electron chi connectivity index (χ2n) is 4.48. The Morgan fingerprint density at radius 1 is 1.25 bits per heavy atom. The Morgan fingerprint density at radius 2 is 1.96 bits per heavy atom. The van der Waals surface area contributed by atoms with E-state index in [0.717, 1.165) is 18.3 Å². The molecule has 0 unspecified atom stereocenters. The van der Waals surface area contributed by atoms with Crippen molar-refractivity contribution in [2.45, 2.75) is 0 Å². The quantitative estimate of drug-likeness (QED) is 0.368. The highest BCUT2D eigenvalue weighted by molar-refractivity contribution is 9.10. The van der Waals surface area contributed by atoms with Gasteiger partial charge in [-0.15, -0.1) is 0 Å². The third-order valence-corrected chi connectivity index (χ3v) is 3.96. The molecule has 3 N–H and O–H groups in total. The lowest BCUT2D eigenvalue weighted by Crippen LogP contribution is -2.17. The van der Waals surface area contributed by atoms with E-state index in [1.54, 1.807) is 6.07 Å². The van der Waals surface area contributed by atoms with Crippen molar-refractivity contribution in [1.82, 2.24) is 5.43 Å². The molecule has 0 heterocycles. The van der Waals surface area contributed by atoms with Crippen molar-refractivity contribution < 1.29 is 19.9 Å². The van der Waals surface area contributed by atoms with E-state index in [1.807, 2.05) is 0 Å². The largest absolute Gasteiger partial charge is 0.507 e. The first-order valence-electron chi connectivity index (χ1n) is 6.28. The molecule has 10 heteroatoms. The minimum absolute atomic E-state index is 0.00836. The van der Waals surface area contributed by atoms with Crippen LogP contribution in [0.5, 0.6) is 11.5 Å². The zero-order valence-corrected chi connectivity index (χ0v) is 14.9. The second-order valence-corrected chi connectivity index (χ2v) is 6.25. The maximum absolute atomic E-state index is 11.9. The van der Waals surface area contributed by atoms with Gasteiger partial charge in [0.15, 0.2) is 0 Å². The summed E-state index contributed by atoms with van der Waals surface area (Å²) in [7, 11) is 0. The number of hydrogen-bond acceptors (Lipinski definition) is 6. The maximum Gasteiger partial charge on any atom is 0.275 e. The van der Waals surface area contributed by atoms with E-state index in [1.165, 1.54) is 12.1 Å². The molecule has 0 aliphatic rings. The van der Waals surface area contributed by atoms with Crippen molar-refractivity contribution in [3.63, 3.8) is 0 Å². The van der Waals surface area contributed by atoms with E-state index < -0.39 is 10.8 Å².